The van der Waals surface area contributed by atoms with Gasteiger partial charge in [-0.1, -0.05) is 97.1 Å². The maximum absolute atomic E-state index is 2.35. The van der Waals surface area contributed by atoms with Crippen molar-refractivity contribution in [3.63, 3.8) is 0 Å². The highest BCUT2D eigenvalue weighted by molar-refractivity contribution is 6.44. The highest BCUT2D eigenvalue weighted by Crippen LogP contribution is 2.47. The Kier molecular flexibility index (Phi) is 2.49. The average Bonchev–Trinajstić information content (AvgIpc) is 2.81. The number of fused-ring (bicyclic) bond motifs is 4. The molecular weight excluding hydrogens is 360 g/mol. The van der Waals surface area contributed by atoms with E-state index in [4.69, 9.17) is 0 Å². The van der Waals surface area contributed by atoms with Crippen molar-refractivity contribution in [2.24, 2.45) is 0 Å². The lowest BCUT2D eigenvalue weighted by atomic mass is 9.83. The maximum atomic E-state index is 2.35. The Morgan fingerprint density at radius 2 is 0.600 bits per heavy atom. The molecule has 0 atom stereocenters. The first-order valence-corrected chi connectivity index (χ1v) is 10.5. The second-order valence-corrected chi connectivity index (χ2v) is 8.49. The van der Waals surface area contributed by atoms with Crippen LogP contribution in [0.2, 0.25) is 0 Å². The van der Waals surface area contributed by atoms with Crippen LogP contribution in [0, 0.1) is 0 Å². The third-order valence-corrected chi connectivity index (χ3v) is 7.11. The quantitative estimate of drug-likeness (QED) is 0.183. The lowest BCUT2D eigenvalue weighted by Crippen LogP contribution is -1.91. The van der Waals surface area contributed by atoms with Crippen LogP contribution in [0.15, 0.2) is 97.1 Å². The molecule has 30 heavy (non-hydrogen) atoms. The molecule has 0 aromatic heterocycles. The summed E-state index contributed by atoms with van der Waals surface area (Å²) in [6, 6.07) is 36.2. The minimum Gasteiger partial charge on any atom is -0.0610 e. The standard InChI is InChI=1S/C30H16/c1-5-18-13-15-23-22-11-4-10-21-20-9-2-7-17-8-3-12-24(27(17)20)30(28(21)22)25-16-14-19(6-1)26(18)29(23)25/h1-16H. The van der Waals surface area contributed by atoms with Crippen LogP contribution >= 0.6 is 0 Å². The Hall–Kier alpha value is -3.90. The van der Waals surface area contributed by atoms with Gasteiger partial charge in [-0.05, 0) is 75.4 Å². The van der Waals surface area contributed by atoms with Crippen LogP contribution < -0.4 is 0 Å². The number of rotatable bonds is 0. The van der Waals surface area contributed by atoms with Gasteiger partial charge < -0.3 is 0 Å². The molecule has 0 radical (unpaired) electrons. The molecule has 0 N–H and O–H groups in total. The lowest BCUT2D eigenvalue weighted by molar-refractivity contribution is 1.79. The summed E-state index contributed by atoms with van der Waals surface area (Å²) in [6.45, 7) is 0. The minimum absolute atomic E-state index is 1.32. The van der Waals surface area contributed by atoms with Crippen LogP contribution in [0.5, 0.6) is 0 Å². The van der Waals surface area contributed by atoms with E-state index in [9.17, 15) is 0 Å². The molecule has 0 aliphatic heterocycles. The summed E-state index contributed by atoms with van der Waals surface area (Å²) in [5, 5.41) is 19.1. The van der Waals surface area contributed by atoms with Gasteiger partial charge in [-0.25, -0.2) is 0 Å². The zero-order valence-corrected chi connectivity index (χ0v) is 16.2. The number of benzene rings is 8. The van der Waals surface area contributed by atoms with E-state index in [1.807, 2.05) is 0 Å². The second-order valence-electron chi connectivity index (χ2n) is 8.49. The molecule has 0 amide bonds. The smallest absolute Gasteiger partial charge is 0.00134 e. The van der Waals surface area contributed by atoms with E-state index < -0.39 is 0 Å². The van der Waals surface area contributed by atoms with Crippen LogP contribution in [0.4, 0.5) is 0 Å². The molecule has 0 fully saturated rings. The summed E-state index contributed by atoms with van der Waals surface area (Å²) >= 11 is 0. The predicted octanol–water partition coefficient (Wildman–Crippen LogP) is 8.63. The van der Waals surface area contributed by atoms with Gasteiger partial charge in [0, 0.05) is 0 Å². The van der Waals surface area contributed by atoms with E-state index in [0.29, 0.717) is 0 Å². The Labute approximate surface area is 172 Å². The molecule has 0 bridgehead atoms. The third-order valence-electron chi connectivity index (χ3n) is 7.11. The van der Waals surface area contributed by atoms with E-state index >= 15 is 0 Å². The molecule has 0 saturated carbocycles. The molecule has 0 heterocycles. The second kappa shape index (κ2) is 4.98. The van der Waals surface area contributed by atoms with Crippen LogP contribution in [0.1, 0.15) is 0 Å². The molecule has 136 valence electrons. The van der Waals surface area contributed by atoms with Gasteiger partial charge in [0.1, 0.15) is 0 Å². The normalized spacial score (nSPS) is 12.7. The molecule has 0 aliphatic rings. The van der Waals surface area contributed by atoms with Crippen molar-refractivity contribution in [1.29, 1.82) is 0 Å². The van der Waals surface area contributed by atoms with Gasteiger partial charge in [0.2, 0.25) is 0 Å². The van der Waals surface area contributed by atoms with Crippen molar-refractivity contribution in [2.45, 2.75) is 0 Å². The van der Waals surface area contributed by atoms with Gasteiger partial charge in [-0.2, -0.15) is 0 Å². The first kappa shape index (κ1) is 15.0. The summed E-state index contributed by atoms with van der Waals surface area (Å²) in [4.78, 5) is 0. The van der Waals surface area contributed by atoms with Crippen LogP contribution in [-0.4, -0.2) is 0 Å². The van der Waals surface area contributed by atoms with Crippen LogP contribution in [0.25, 0.3) is 75.4 Å². The maximum Gasteiger partial charge on any atom is -0.00134 e. The Morgan fingerprint density at radius 1 is 0.233 bits per heavy atom. The summed E-state index contributed by atoms with van der Waals surface area (Å²) in [7, 11) is 0. The van der Waals surface area contributed by atoms with Gasteiger partial charge in [-0.3, -0.25) is 0 Å². The van der Waals surface area contributed by atoms with Crippen molar-refractivity contribution in [2.75, 3.05) is 0 Å². The Morgan fingerprint density at radius 3 is 1.30 bits per heavy atom. The zero-order valence-electron chi connectivity index (χ0n) is 16.2. The van der Waals surface area contributed by atoms with Crippen molar-refractivity contribution < 1.29 is 0 Å². The van der Waals surface area contributed by atoms with Crippen molar-refractivity contribution in [3.05, 3.63) is 97.1 Å². The Bertz CT molecular complexity index is 1920. The fraction of sp³-hybridized carbons (Fsp3) is 0. The first-order valence-electron chi connectivity index (χ1n) is 10.5. The summed E-state index contributed by atoms with van der Waals surface area (Å²) < 4.78 is 0. The van der Waals surface area contributed by atoms with Gasteiger partial charge in [0.25, 0.3) is 0 Å². The van der Waals surface area contributed by atoms with E-state index in [1.54, 1.807) is 0 Å². The fourth-order valence-corrected chi connectivity index (χ4v) is 5.97. The van der Waals surface area contributed by atoms with Crippen molar-refractivity contribution >= 4 is 75.4 Å². The van der Waals surface area contributed by atoms with E-state index in [-0.39, 0.29) is 0 Å². The molecule has 8 aromatic rings. The predicted molar refractivity (Wildman–Crippen MR) is 131 cm³/mol. The third kappa shape index (κ3) is 1.58. The average molecular weight is 376 g/mol. The molecule has 0 unspecified atom stereocenters. The number of hydrogen-bond donors (Lipinski definition) is 0. The van der Waals surface area contributed by atoms with E-state index in [1.165, 1.54) is 75.4 Å². The lowest BCUT2D eigenvalue weighted by Gasteiger charge is -2.19. The minimum atomic E-state index is 1.32. The fourth-order valence-electron chi connectivity index (χ4n) is 5.97. The van der Waals surface area contributed by atoms with Crippen molar-refractivity contribution in [1.82, 2.24) is 0 Å². The largest absolute Gasteiger partial charge is 0.0610 e. The summed E-state index contributed by atoms with van der Waals surface area (Å²) in [5.74, 6) is 0. The molecule has 0 aliphatic carbocycles. The van der Waals surface area contributed by atoms with Crippen LogP contribution in [-0.2, 0) is 0 Å². The Balaban J connectivity index is 1.87. The van der Waals surface area contributed by atoms with Crippen molar-refractivity contribution in [3.8, 4) is 0 Å². The highest BCUT2D eigenvalue weighted by atomic mass is 14.2. The monoisotopic (exact) mass is 376 g/mol. The molecule has 8 rings (SSSR count). The topological polar surface area (TPSA) is 0 Å². The molecular formula is C30H16. The van der Waals surface area contributed by atoms with Crippen LogP contribution in [0.3, 0.4) is 0 Å². The number of hydrogen-bond acceptors (Lipinski definition) is 0. The molecule has 0 nitrogen and oxygen atoms in total. The highest BCUT2D eigenvalue weighted by Gasteiger charge is 2.19. The summed E-state index contributed by atoms with van der Waals surface area (Å²) in [5.41, 5.74) is 0. The SMILES string of the molecule is c1cc2ccc3c4cccc5c6cccc7cccc(c76)c(c6ccc(c1)c2c36)c54. The van der Waals surface area contributed by atoms with Gasteiger partial charge in [0.05, 0.1) is 0 Å². The summed E-state index contributed by atoms with van der Waals surface area (Å²) in [6.07, 6.45) is 0. The van der Waals surface area contributed by atoms with Gasteiger partial charge in [0.15, 0.2) is 0 Å². The molecule has 8 aromatic carbocycles. The first-order chi connectivity index (χ1) is 14.9. The van der Waals surface area contributed by atoms with Gasteiger partial charge >= 0.3 is 0 Å². The van der Waals surface area contributed by atoms with E-state index in [2.05, 4.69) is 97.1 Å². The molecule has 0 saturated heterocycles. The van der Waals surface area contributed by atoms with E-state index in [0.717, 1.165) is 0 Å². The molecule has 0 heteroatoms. The van der Waals surface area contributed by atoms with Gasteiger partial charge in [-0.15, -0.1) is 0 Å². The molecule has 0 spiro atoms. The zero-order chi connectivity index (χ0) is 19.4.